The van der Waals surface area contributed by atoms with Crippen molar-refractivity contribution < 1.29 is 0 Å². The molecule has 2 aromatic rings. The molecule has 0 aliphatic carbocycles. The number of nitrogens with zero attached hydrogens (tertiary/aromatic N) is 1. The molecule has 0 aliphatic heterocycles. The summed E-state index contributed by atoms with van der Waals surface area (Å²) in [6, 6.07) is 10.5. The van der Waals surface area contributed by atoms with Crippen molar-refractivity contribution in [3.8, 4) is 0 Å². The molecule has 2 N–H and O–H groups in total. The quantitative estimate of drug-likeness (QED) is 0.811. The number of hydrogen-bond acceptors (Lipinski definition) is 3. The van der Waals surface area contributed by atoms with Crippen LogP contribution in [-0.2, 0) is 0 Å². The molecule has 5 heteroatoms. The summed E-state index contributed by atoms with van der Waals surface area (Å²) in [5, 5.41) is 2.84. The number of thiophene rings is 1. The van der Waals surface area contributed by atoms with Gasteiger partial charge < -0.3 is 5.73 Å². The number of nitrogens with two attached hydrogens (primary N) is 1. The minimum absolute atomic E-state index is 0.125. The maximum Gasteiger partial charge on any atom is 0.0485 e. The van der Waals surface area contributed by atoms with Crippen LogP contribution in [0.25, 0.3) is 0 Å². The zero-order valence-corrected chi connectivity index (χ0v) is 14.7. The number of rotatable bonds is 5. The molecule has 2 atom stereocenters. The molecular formula is C15H18BrClN2S. The fraction of sp³-hybridized carbons (Fsp3) is 0.333. The molecule has 1 heterocycles. The highest BCUT2D eigenvalue weighted by Gasteiger charge is 2.23. The van der Waals surface area contributed by atoms with Gasteiger partial charge in [0.25, 0.3) is 0 Å². The van der Waals surface area contributed by atoms with E-state index in [9.17, 15) is 0 Å². The highest BCUT2D eigenvalue weighted by Crippen LogP contribution is 2.34. The average Bonchev–Trinajstić information content (AvgIpc) is 2.96. The minimum Gasteiger partial charge on any atom is -0.329 e. The first-order valence-corrected chi connectivity index (χ1v) is 8.50. The first-order valence-electron chi connectivity index (χ1n) is 6.45. The number of halogens is 2. The van der Waals surface area contributed by atoms with E-state index in [-0.39, 0.29) is 6.04 Å². The maximum atomic E-state index is 6.12. The standard InChI is InChI=1S/C15H18BrClN2S/c1-10(15-4-3-7-20-15)19(2)14(9-18)12-8-11(17)5-6-13(12)16/h3-8,10,14H,9,18H2,1-2H3. The first kappa shape index (κ1) is 16.0. The van der Waals surface area contributed by atoms with Gasteiger partial charge in [0.15, 0.2) is 0 Å². The molecule has 0 saturated carbocycles. The zero-order chi connectivity index (χ0) is 14.7. The number of likely N-dealkylation sites (N-methyl/N-ethyl adjacent to an activating group) is 1. The van der Waals surface area contributed by atoms with Crippen molar-refractivity contribution in [3.63, 3.8) is 0 Å². The van der Waals surface area contributed by atoms with E-state index in [2.05, 4.69) is 52.3 Å². The van der Waals surface area contributed by atoms with Gasteiger partial charge in [-0.3, -0.25) is 4.90 Å². The Morgan fingerprint density at radius 1 is 1.40 bits per heavy atom. The molecule has 20 heavy (non-hydrogen) atoms. The summed E-state index contributed by atoms with van der Waals surface area (Å²) < 4.78 is 1.04. The normalized spacial score (nSPS) is 14.5. The summed E-state index contributed by atoms with van der Waals surface area (Å²) >= 11 is 11.5. The molecule has 0 bridgehead atoms. The van der Waals surface area contributed by atoms with Crippen LogP contribution in [0, 0.1) is 0 Å². The molecule has 2 nitrogen and oxygen atoms in total. The van der Waals surface area contributed by atoms with E-state index in [0.29, 0.717) is 12.6 Å². The topological polar surface area (TPSA) is 29.3 Å². The Balaban J connectivity index is 2.29. The van der Waals surface area contributed by atoms with Crippen molar-refractivity contribution >= 4 is 38.9 Å². The van der Waals surface area contributed by atoms with Crippen molar-refractivity contribution in [3.05, 3.63) is 55.6 Å². The molecule has 108 valence electrons. The molecule has 2 rings (SSSR count). The molecular weight excluding hydrogens is 356 g/mol. The molecule has 1 aromatic carbocycles. The fourth-order valence-electron chi connectivity index (χ4n) is 2.28. The van der Waals surface area contributed by atoms with Gasteiger partial charge in [-0.05, 0) is 49.2 Å². The van der Waals surface area contributed by atoms with Gasteiger partial charge in [-0.1, -0.05) is 33.6 Å². The van der Waals surface area contributed by atoms with Gasteiger partial charge >= 0.3 is 0 Å². The van der Waals surface area contributed by atoms with Crippen LogP contribution in [-0.4, -0.2) is 18.5 Å². The van der Waals surface area contributed by atoms with E-state index >= 15 is 0 Å². The number of benzene rings is 1. The van der Waals surface area contributed by atoms with Crippen LogP contribution in [0.4, 0.5) is 0 Å². The molecule has 2 unspecified atom stereocenters. The molecule has 0 aliphatic rings. The van der Waals surface area contributed by atoms with E-state index in [1.807, 2.05) is 18.2 Å². The summed E-state index contributed by atoms with van der Waals surface area (Å²) in [5.41, 5.74) is 7.14. The summed E-state index contributed by atoms with van der Waals surface area (Å²) in [6.45, 7) is 2.75. The predicted octanol–water partition coefficient (Wildman–Crippen LogP) is 4.86. The molecule has 0 amide bonds. The van der Waals surface area contributed by atoms with Crippen molar-refractivity contribution in [1.82, 2.24) is 4.90 Å². The fourth-order valence-corrected chi connectivity index (χ4v) is 3.81. The van der Waals surface area contributed by atoms with E-state index in [0.717, 1.165) is 15.1 Å². The van der Waals surface area contributed by atoms with E-state index in [1.54, 1.807) is 11.3 Å². The van der Waals surface area contributed by atoms with E-state index in [4.69, 9.17) is 17.3 Å². The van der Waals surface area contributed by atoms with Crippen molar-refractivity contribution in [2.24, 2.45) is 5.73 Å². The van der Waals surface area contributed by atoms with Crippen molar-refractivity contribution in [2.75, 3.05) is 13.6 Å². The highest BCUT2D eigenvalue weighted by atomic mass is 79.9. The Morgan fingerprint density at radius 2 is 2.15 bits per heavy atom. The van der Waals surface area contributed by atoms with Crippen LogP contribution >= 0.6 is 38.9 Å². The van der Waals surface area contributed by atoms with Crippen LogP contribution in [0.2, 0.25) is 5.02 Å². The van der Waals surface area contributed by atoms with E-state index < -0.39 is 0 Å². The SMILES string of the molecule is CC(c1cccs1)N(C)C(CN)c1cc(Cl)ccc1Br. The largest absolute Gasteiger partial charge is 0.329 e. The van der Waals surface area contributed by atoms with Crippen LogP contribution < -0.4 is 5.73 Å². The Labute approximate surface area is 137 Å². The van der Waals surface area contributed by atoms with Crippen molar-refractivity contribution in [1.29, 1.82) is 0 Å². The molecule has 0 fully saturated rings. The summed E-state index contributed by atoms with van der Waals surface area (Å²) in [7, 11) is 2.11. The second-order valence-corrected chi connectivity index (χ2v) is 7.04. The van der Waals surface area contributed by atoms with Gasteiger partial charge in [-0.15, -0.1) is 11.3 Å². The van der Waals surface area contributed by atoms with Crippen LogP contribution in [0.3, 0.4) is 0 Å². The summed E-state index contributed by atoms with van der Waals surface area (Å²) in [4.78, 5) is 3.63. The van der Waals surface area contributed by atoms with Crippen LogP contribution in [0.5, 0.6) is 0 Å². The second kappa shape index (κ2) is 7.05. The van der Waals surface area contributed by atoms with Gasteiger partial charge in [0, 0.05) is 33.0 Å². The van der Waals surface area contributed by atoms with Crippen molar-refractivity contribution in [2.45, 2.75) is 19.0 Å². The molecule has 0 radical (unpaired) electrons. The highest BCUT2D eigenvalue weighted by molar-refractivity contribution is 9.10. The smallest absolute Gasteiger partial charge is 0.0485 e. The zero-order valence-electron chi connectivity index (χ0n) is 11.5. The molecule has 0 saturated heterocycles. The van der Waals surface area contributed by atoms with Crippen LogP contribution in [0.1, 0.15) is 29.4 Å². The third-order valence-electron chi connectivity index (χ3n) is 3.60. The maximum absolute atomic E-state index is 6.12. The lowest BCUT2D eigenvalue weighted by Gasteiger charge is -2.33. The van der Waals surface area contributed by atoms with Gasteiger partial charge in [-0.25, -0.2) is 0 Å². The van der Waals surface area contributed by atoms with Gasteiger partial charge in [0.05, 0.1) is 0 Å². The van der Waals surface area contributed by atoms with Gasteiger partial charge in [-0.2, -0.15) is 0 Å². The Morgan fingerprint density at radius 3 is 2.75 bits per heavy atom. The summed E-state index contributed by atoms with van der Waals surface area (Å²) in [6.07, 6.45) is 0. The Bertz CT molecular complexity index is 559. The lowest BCUT2D eigenvalue weighted by atomic mass is 10.0. The first-order chi connectivity index (χ1) is 9.54. The van der Waals surface area contributed by atoms with Gasteiger partial charge in [0.1, 0.15) is 0 Å². The lowest BCUT2D eigenvalue weighted by molar-refractivity contribution is 0.192. The second-order valence-electron chi connectivity index (χ2n) is 4.77. The van der Waals surface area contributed by atoms with Gasteiger partial charge in [0.2, 0.25) is 0 Å². The molecule has 1 aromatic heterocycles. The van der Waals surface area contributed by atoms with Crippen LogP contribution in [0.15, 0.2) is 40.2 Å². The predicted molar refractivity (Wildman–Crippen MR) is 91.4 cm³/mol. The monoisotopic (exact) mass is 372 g/mol. The Hall–Kier alpha value is -0.390. The molecule has 0 spiro atoms. The minimum atomic E-state index is 0.125. The third kappa shape index (κ3) is 3.43. The Kier molecular flexibility index (Phi) is 5.64. The van der Waals surface area contributed by atoms with E-state index in [1.165, 1.54) is 4.88 Å². The lowest BCUT2D eigenvalue weighted by Crippen LogP contribution is -2.32. The number of hydrogen-bond donors (Lipinski definition) is 1. The third-order valence-corrected chi connectivity index (χ3v) is 5.60. The summed E-state index contributed by atoms with van der Waals surface area (Å²) in [5.74, 6) is 0. The average molecular weight is 374 g/mol.